The zero-order chi connectivity index (χ0) is 18.7. The lowest BCUT2D eigenvalue weighted by molar-refractivity contribution is 0.0141. The monoisotopic (exact) mass is 356 g/mol. The second-order valence-corrected chi connectivity index (χ2v) is 7.32. The molecule has 2 amide bonds. The van der Waals surface area contributed by atoms with Gasteiger partial charge in [-0.2, -0.15) is 0 Å². The molecule has 1 aromatic heterocycles. The van der Waals surface area contributed by atoms with E-state index in [9.17, 15) is 9.59 Å². The highest BCUT2D eigenvalue weighted by molar-refractivity contribution is 5.95. The number of amides is 2. The van der Waals surface area contributed by atoms with Crippen LogP contribution in [-0.4, -0.2) is 53.6 Å². The number of hydrogen-bond acceptors (Lipinski definition) is 4. The lowest BCUT2D eigenvalue weighted by Crippen LogP contribution is -2.51. The van der Waals surface area contributed by atoms with Crippen LogP contribution in [0.5, 0.6) is 0 Å². The second kappa shape index (κ2) is 7.23. The van der Waals surface area contributed by atoms with Gasteiger partial charge in [0.15, 0.2) is 0 Å². The molecule has 2 heterocycles. The molecule has 6 heteroatoms. The first kappa shape index (κ1) is 18.0. The smallest absolute Gasteiger partial charge is 0.410 e. The van der Waals surface area contributed by atoms with Gasteiger partial charge in [-0.3, -0.25) is 4.79 Å². The third-order valence-electron chi connectivity index (χ3n) is 4.13. The van der Waals surface area contributed by atoms with Crippen LogP contribution in [0.4, 0.5) is 4.79 Å². The van der Waals surface area contributed by atoms with E-state index >= 15 is 0 Å². The molecule has 3 rings (SSSR count). The Morgan fingerprint density at radius 1 is 1.00 bits per heavy atom. The van der Waals surface area contributed by atoms with Crippen molar-refractivity contribution < 1.29 is 18.7 Å². The van der Waals surface area contributed by atoms with Gasteiger partial charge in [-0.1, -0.05) is 12.1 Å². The van der Waals surface area contributed by atoms with E-state index in [0.29, 0.717) is 31.7 Å². The molecule has 0 N–H and O–H groups in total. The summed E-state index contributed by atoms with van der Waals surface area (Å²) in [6, 6.07) is 11.1. The molecule has 0 aliphatic carbocycles. The molecule has 0 bridgehead atoms. The van der Waals surface area contributed by atoms with E-state index in [1.165, 1.54) is 0 Å². The Morgan fingerprint density at radius 2 is 1.69 bits per heavy atom. The molecule has 6 nitrogen and oxygen atoms in total. The third kappa shape index (κ3) is 4.25. The molecule has 1 aliphatic rings. The van der Waals surface area contributed by atoms with Crippen molar-refractivity contribution in [2.45, 2.75) is 26.4 Å². The van der Waals surface area contributed by atoms with Crippen LogP contribution in [-0.2, 0) is 4.74 Å². The van der Waals surface area contributed by atoms with Gasteiger partial charge in [0.2, 0.25) is 0 Å². The normalized spacial score (nSPS) is 15.0. The number of furan rings is 1. The van der Waals surface area contributed by atoms with Gasteiger partial charge in [0, 0.05) is 37.3 Å². The molecule has 0 atom stereocenters. The van der Waals surface area contributed by atoms with Crippen molar-refractivity contribution in [3.05, 3.63) is 48.2 Å². The predicted molar refractivity (Wildman–Crippen MR) is 97.9 cm³/mol. The Kier molecular flexibility index (Phi) is 5.02. The molecule has 2 aromatic rings. The fourth-order valence-electron chi connectivity index (χ4n) is 2.85. The van der Waals surface area contributed by atoms with Crippen LogP contribution in [0.15, 0.2) is 47.1 Å². The molecule has 26 heavy (non-hydrogen) atoms. The molecule has 1 saturated heterocycles. The fourth-order valence-corrected chi connectivity index (χ4v) is 2.85. The van der Waals surface area contributed by atoms with Crippen LogP contribution in [0.1, 0.15) is 31.1 Å². The summed E-state index contributed by atoms with van der Waals surface area (Å²) in [6.07, 6.45) is 1.28. The minimum absolute atomic E-state index is 0.0396. The fraction of sp³-hybridized carbons (Fsp3) is 0.400. The summed E-state index contributed by atoms with van der Waals surface area (Å²) in [5, 5.41) is 0. The number of benzene rings is 1. The van der Waals surface area contributed by atoms with Crippen molar-refractivity contribution >= 4 is 12.0 Å². The van der Waals surface area contributed by atoms with Gasteiger partial charge in [0.05, 0.1) is 6.26 Å². The van der Waals surface area contributed by atoms with Gasteiger partial charge in [-0.05, 0) is 45.0 Å². The van der Waals surface area contributed by atoms with Gasteiger partial charge in [-0.25, -0.2) is 4.79 Å². The summed E-state index contributed by atoms with van der Waals surface area (Å²) in [7, 11) is 0. The summed E-state index contributed by atoms with van der Waals surface area (Å²) in [6.45, 7) is 7.45. The van der Waals surface area contributed by atoms with Crippen LogP contribution >= 0.6 is 0 Å². The van der Waals surface area contributed by atoms with E-state index in [0.717, 1.165) is 11.3 Å². The third-order valence-corrected chi connectivity index (χ3v) is 4.13. The standard InChI is InChI=1S/C20H24N2O4/c1-20(2,3)26-19(24)22-11-9-21(10-12-22)18(23)16-7-4-6-15(14-16)17-8-5-13-25-17/h4-8,13-14H,9-12H2,1-3H3. The minimum atomic E-state index is -0.518. The molecule has 0 spiro atoms. The molecular formula is C20H24N2O4. The number of ether oxygens (including phenoxy) is 1. The molecule has 1 aliphatic heterocycles. The topological polar surface area (TPSA) is 63.0 Å². The zero-order valence-electron chi connectivity index (χ0n) is 15.4. The average molecular weight is 356 g/mol. The number of carbonyl (C=O) groups excluding carboxylic acids is 2. The molecule has 138 valence electrons. The zero-order valence-corrected chi connectivity index (χ0v) is 15.4. The Bertz CT molecular complexity index is 769. The number of piperazine rings is 1. The van der Waals surface area contributed by atoms with E-state index in [4.69, 9.17) is 9.15 Å². The summed E-state index contributed by atoms with van der Waals surface area (Å²) in [4.78, 5) is 28.3. The van der Waals surface area contributed by atoms with E-state index in [2.05, 4.69) is 0 Å². The Hall–Kier alpha value is -2.76. The van der Waals surface area contributed by atoms with Crippen molar-refractivity contribution in [3.63, 3.8) is 0 Å². The number of nitrogens with zero attached hydrogens (tertiary/aromatic N) is 2. The molecular weight excluding hydrogens is 332 g/mol. The van der Waals surface area contributed by atoms with E-state index < -0.39 is 5.60 Å². The highest BCUT2D eigenvalue weighted by atomic mass is 16.6. The Balaban J connectivity index is 1.62. The van der Waals surface area contributed by atoms with Crippen LogP contribution in [0.3, 0.4) is 0 Å². The quantitative estimate of drug-likeness (QED) is 0.824. The van der Waals surface area contributed by atoms with E-state index in [1.54, 1.807) is 22.1 Å². The van der Waals surface area contributed by atoms with Crippen LogP contribution < -0.4 is 0 Å². The molecule has 0 saturated carbocycles. The first-order valence-corrected chi connectivity index (χ1v) is 8.75. The highest BCUT2D eigenvalue weighted by Gasteiger charge is 2.28. The molecule has 0 unspecified atom stereocenters. The summed E-state index contributed by atoms with van der Waals surface area (Å²) >= 11 is 0. The van der Waals surface area contributed by atoms with Crippen molar-refractivity contribution in [1.82, 2.24) is 9.80 Å². The summed E-state index contributed by atoms with van der Waals surface area (Å²) in [5.74, 6) is 0.691. The van der Waals surface area contributed by atoms with Crippen molar-refractivity contribution in [2.24, 2.45) is 0 Å². The molecule has 1 aromatic carbocycles. The van der Waals surface area contributed by atoms with Gasteiger partial charge >= 0.3 is 6.09 Å². The summed E-state index contributed by atoms with van der Waals surface area (Å²) < 4.78 is 10.8. The first-order chi connectivity index (χ1) is 12.3. The number of hydrogen-bond donors (Lipinski definition) is 0. The molecule has 0 radical (unpaired) electrons. The van der Waals surface area contributed by atoms with Gasteiger partial charge in [-0.15, -0.1) is 0 Å². The number of rotatable bonds is 2. The summed E-state index contributed by atoms with van der Waals surface area (Å²) in [5.41, 5.74) is 0.967. The van der Waals surface area contributed by atoms with Crippen molar-refractivity contribution in [1.29, 1.82) is 0 Å². The maximum Gasteiger partial charge on any atom is 0.410 e. The van der Waals surface area contributed by atoms with Crippen LogP contribution in [0.25, 0.3) is 11.3 Å². The SMILES string of the molecule is CC(C)(C)OC(=O)N1CCN(C(=O)c2cccc(-c3ccco3)c2)CC1. The number of carbonyl (C=O) groups is 2. The van der Waals surface area contributed by atoms with Gasteiger partial charge in [0.25, 0.3) is 5.91 Å². The van der Waals surface area contributed by atoms with Crippen molar-refractivity contribution in [3.8, 4) is 11.3 Å². The predicted octanol–water partition coefficient (Wildman–Crippen LogP) is 3.64. The van der Waals surface area contributed by atoms with Gasteiger partial charge in [0.1, 0.15) is 11.4 Å². The van der Waals surface area contributed by atoms with Crippen LogP contribution in [0, 0.1) is 0 Å². The maximum absolute atomic E-state index is 12.8. The van der Waals surface area contributed by atoms with Gasteiger partial charge < -0.3 is 19.0 Å². The average Bonchev–Trinajstić information content (AvgIpc) is 3.14. The second-order valence-electron chi connectivity index (χ2n) is 7.32. The Labute approximate surface area is 153 Å². The van der Waals surface area contributed by atoms with E-state index in [-0.39, 0.29) is 12.0 Å². The Morgan fingerprint density at radius 3 is 2.31 bits per heavy atom. The largest absolute Gasteiger partial charge is 0.464 e. The highest BCUT2D eigenvalue weighted by Crippen LogP contribution is 2.22. The first-order valence-electron chi connectivity index (χ1n) is 8.75. The molecule has 1 fully saturated rings. The minimum Gasteiger partial charge on any atom is -0.464 e. The van der Waals surface area contributed by atoms with Crippen LogP contribution in [0.2, 0.25) is 0 Å². The lowest BCUT2D eigenvalue weighted by Gasteiger charge is -2.35. The van der Waals surface area contributed by atoms with E-state index in [1.807, 2.05) is 51.1 Å². The van der Waals surface area contributed by atoms with Crippen molar-refractivity contribution in [2.75, 3.05) is 26.2 Å². The lowest BCUT2D eigenvalue weighted by atomic mass is 10.1. The maximum atomic E-state index is 12.8.